The number of amides is 1. The van der Waals surface area contributed by atoms with Gasteiger partial charge >= 0.3 is 0 Å². The number of aromatic nitrogens is 2. The second-order valence-electron chi connectivity index (χ2n) is 7.22. The summed E-state index contributed by atoms with van der Waals surface area (Å²) in [5, 5.41) is 4.01. The van der Waals surface area contributed by atoms with Crippen LogP contribution in [0.25, 0.3) is 11.3 Å². The van der Waals surface area contributed by atoms with Crippen molar-refractivity contribution in [2.75, 3.05) is 13.1 Å². The molecule has 0 bridgehead atoms. The number of benzene rings is 1. The lowest BCUT2D eigenvalue weighted by molar-refractivity contribution is 0.0711. The number of carbonyl (C=O) groups is 1. The van der Waals surface area contributed by atoms with E-state index in [1.807, 2.05) is 32.0 Å². The normalized spacial score (nSPS) is 15.0. The van der Waals surface area contributed by atoms with Crippen LogP contribution in [0, 0.1) is 19.7 Å². The van der Waals surface area contributed by atoms with Crippen molar-refractivity contribution in [2.24, 2.45) is 0 Å². The summed E-state index contributed by atoms with van der Waals surface area (Å²) in [6.45, 7) is 5.07. The predicted molar refractivity (Wildman–Crippen MR) is 103 cm³/mol. The first-order valence-electron chi connectivity index (χ1n) is 9.48. The average molecular weight is 379 g/mol. The number of hydrogen-bond acceptors (Lipinski definition) is 4. The van der Waals surface area contributed by atoms with E-state index in [1.54, 1.807) is 17.0 Å². The van der Waals surface area contributed by atoms with Gasteiger partial charge in [0.2, 0.25) is 0 Å². The fourth-order valence-electron chi connectivity index (χ4n) is 3.85. The molecule has 4 rings (SSSR count). The van der Waals surface area contributed by atoms with Crippen LogP contribution in [0.2, 0.25) is 0 Å². The van der Waals surface area contributed by atoms with E-state index in [1.165, 1.54) is 12.1 Å². The van der Waals surface area contributed by atoms with Gasteiger partial charge in [-0.2, -0.15) is 0 Å². The monoisotopic (exact) mass is 379 g/mol. The summed E-state index contributed by atoms with van der Waals surface area (Å²) in [6, 6.07) is 11.9. The van der Waals surface area contributed by atoms with Crippen LogP contribution in [0.4, 0.5) is 4.39 Å². The van der Waals surface area contributed by atoms with Gasteiger partial charge in [-0.05, 0) is 57.0 Å². The standard InChI is InChI=1S/C22H22FN3O2/c1-14-21(15(2)28-25-14)20-8-4-7-19(24-20)16-9-11-26(12-10-16)22(27)17-5-3-6-18(23)13-17/h3-8,13,16H,9-12H2,1-2H3. The van der Waals surface area contributed by atoms with Crippen molar-refractivity contribution in [2.45, 2.75) is 32.6 Å². The molecule has 6 heteroatoms. The van der Waals surface area contributed by atoms with Crippen LogP contribution in [-0.2, 0) is 0 Å². The molecule has 1 aliphatic heterocycles. The molecule has 0 radical (unpaired) electrons. The summed E-state index contributed by atoms with van der Waals surface area (Å²) < 4.78 is 18.7. The van der Waals surface area contributed by atoms with Crippen molar-refractivity contribution in [1.82, 2.24) is 15.0 Å². The zero-order valence-electron chi connectivity index (χ0n) is 16.0. The van der Waals surface area contributed by atoms with Crippen LogP contribution < -0.4 is 0 Å². The number of hydrogen-bond donors (Lipinski definition) is 0. The first-order valence-corrected chi connectivity index (χ1v) is 9.48. The SMILES string of the molecule is Cc1noc(C)c1-c1cccc(C2CCN(C(=O)c3cccc(F)c3)CC2)n1. The van der Waals surface area contributed by atoms with E-state index in [4.69, 9.17) is 9.51 Å². The van der Waals surface area contributed by atoms with E-state index < -0.39 is 0 Å². The molecular weight excluding hydrogens is 357 g/mol. The molecule has 0 unspecified atom stereocenters. The Hall–Kier alpha value is -3.02. The van der Waals surface area contributed by atoms with Crippen LogP contribution in [0.15, 0.2) is 47.0 Å². The Bertz CT molecular complexity index is 987. The van der Waals surface area contributed by atoms with E-state index in [-0.39, 0.29) is 17.6 Å². The summed E-state index contributed by atoms with van der Waals surface area (Å²) in [5.41, 5.74) is 4.07. The molecule has 0 N–H and O–H groups in total. The zero-order valence-corrected chi connectivity index (χ0v) is 16.0. The molecule has 1 aromatic carbocycles. The third kappa shape index (κ3) is 3.54. The number of piperidine rings is 1. The van der Waals surface area contributed by atoms with Gasteiger partial charge < -0.3 is 9.42 Å². The molecule has 5 nitrogen and oxygen atoms in total. The van der Waals surface area contributed by atoms with Gasteiger partial charge in [0.1, 0.15) is 11.6 Å². The smallest absolute Gasteiger partial charge is 0.253 e. The minimum absolute atomic E-state index is 0.115. The summed E-state index contributed by atoms with van der Waals surface area (Å²) >= 11 is 0. The first kappa shape index (κ1) is 18.3. The average Bonchev–Trinajstić information content (AvgIpc) is 3.06. The molecular formula is C22H22FN3O2. The van der Waals surface area contributed by atoms with Crippen molar-refractivity contribution < 1.29 is 13.7 Å². The molecule has 0 saturated carbocycles. The molecule has 3 heterocycles. The van der Waals surface area contributed by atoms with Crippen LogP contribution in [0.3, 0.4) is 0 Å². The number of pyridine rings is 1. The molecule has 1 aliphatic rings. The number of likely N-dealkylation sites (tertiary alicyclic amines) is 1. The lowest BCUT2D eigenvalue weighted by Crippen LogP contribution is -2.38. The maximum atomic E-state index is 13.4. The highest BCUT2D eigenvalue weighted by molar-refractivity contribution is 5.94. The van der Waals surface area contributed by atoms with Crippen molar-refractivity contribution in [3.63, 3.8) is 0 Å². The summed E-state index contributed by atoms with van der Waals surface area (Å²) in [5.74, 6) is 0.547. The summed E-state index contributed by atoms with van der Waals surface area (Å²) in [6.07, 6.45) is 1.66. The van der Waals surface area contributed by atoms with Gasteiger partial charge in [0.05, 0.1) is 17.0 Å². The molecule has 0 atom stereocenters. The molecule has 144 valence electrons. The quantitative estimate of drug-likeness (QED) is 0.672. The fraction of sp³-hybridized carbons (Fsp3) is 0.318. The zero-order chi connectivity index (χ0) is 19.7. The van der Waals surface area contributed by atoms with Gasteiger partial charge in [0.25, 0.3) is 5.91 Å². The van der Waals surface area contributed by atoms with Gasteiger partial charge in [-0.1, -0.05) is 17.3 Å². The second-order valence-corrected chi connectivity index (χ2v) is 7.22. The van der Waals surface area contributed by atoms with Crippen molar-refractivity contribution in [3.8, 4) is 11.3 Å². The third-order valence-electron chi connectivity index (χ3n) is 5.33. The van der Waals surface area contributed by atoms with Crippen LogP contribution in [0.1, 0.15) is 46.3 Å². The minimum Gasteiger partial charge on any atom is -0.361 e. The lowest BCUT2D eigenvalue weighted by Gasteiger charge is -2.32. The Balaban J connectivity index is 1.47. The summed E-state index contributed by atoms with van der Waals surface area (Å²) in [4.78, 5) is 19.2. The van der Waals surface area contributed by atoms with E-state index in [0.29, 0.717) is 18.7 Å². The van der Waals surface area contributed by atoms with Crippen molar-refractivity contribution in [3.05, 3.63) is 71.0 Å². The topological polar surface area (TPSA) is 59.2 Å². The predicted octanol–water partition coefficient (Wildman–Crippen LogP) is 4.51. The maximum absolute atomic E-state index is 13.4. The number of carbonyl (C=O) groups excluding carboxylic acids is 1. The third-order valence-corrected chi connectivity index (χ3v) is 5.33. The number of aryl methyl sites for hydroxylation is 2. The van der Waals surface area contributed by atoms with E-state index in [2.05, 4.69) is 5.16 Å². The molecule has 2 aromatic heterocycles. The lowest BCUT2D eigenvalue weighted by atomic mass is 9.92. The van der Waals surface area contributed by atoms with Crippen molar-refractivity contribution >= 4 is 5.91 Å². The van der Waals surface area contributed by atoms with Crippen LogP contribution in [0.5, 0.6) is 0 Å². The van der Waals surface area contributed by atoms with Gasteiger partial charge in [0.15, 0.2) is 0 Å². The fourth-order valence-corrected chi connectivity index (χ4v) is 3.85. The Morgan fingerprint density at radius 1 is 1.14 bits per heavy atom. The molecule has 1 saturated heterocycles. The molecule has 3 aromatic rings. The van der Waals surface area contributed by atoms with E-state index >= 15 is 0 Å². The number of halogens is 1. The largest absolute Gasteiger partial charge is 0.361 e. The highest BCUT2D eigenvalue weighted by Crippen LogP contribution is 2.31. The van der Waals surface area contributed by atoms with E-state index in [0.717, 1.165) is 41.2 Å². The van der Waals surface area contributed by atoms with E-state index in [9.17, 15) is 9.18 Å². The van der Waals surface area contributed by atoms with Gasteiger partial charge in [-0.25, -0.2) is 4.39 Å². The molecule has 1 fully saturated rings. The molecule has 1 amide bonds. The number of rotatable bonds is 3. The van der Waals surface area contributed by atoms with Crippen LogP contribution in [-0.4, -0.2) is 34.0 Å². The minimum atomic E-state index is -0.388. The Morgan fingerprint density at radius 2 is 1.89 bits per heavy atom. The first-order chi connectivity index (χ1) is 13.5. The Morgan fingerprint density at radius 3 is 2.57 bits per heavy atom. The van der Waals surface area contributed by atoms with Crippen LogP contribution >= 0.6 is 0 Å². The second kappa shape index (κ2) is 7.54. The van der Waals surface area contributed by atoms with Gasteiger partial charge in [0, 0.05) is 30.3 Å². The molecule has 0 spiro atoms. The van der Waals surface area contributed by atoms with Gasteiger partial charge in [-0.3, -0.25) is 9.78 Å². The Labute approximate surface area is 163 Å². The maximum Gasteiger partial charge on any atom is 0.253 e. The Kier molecular flexibility index (Phi) is 4.94. The van der Waals surface area contributed by atoms with Gasteiger partial charge in [-0.15, -0.1) is 0 Å². The summed E-state index contributed by atoms with van der Waals surface area (Å²) in [7, 11) is 0. The highest BCUT2D eigenvalue weighted by atomic mass is 19.1. The van der Waals surface area contributed by atoms with Crippen molar-refractivity contribution in [1.29, 1.82) is 0 Å². The highest BCUT2D eigenvalue weighted by Gasteiger charge is 2.26. The number of nitrogens with zero attached hydrogens (tertiary/aromatic N) is 3. The molecule has 28 heavy (non-hydrogen) atoms. The molecule has 0 aliphatic carbocycles.